The largest absolute Gasteiger partial charge is 0.385 e. The van der Waals surface area contributed by atoms with Crippen molar-refractivity contribution in [2.75, 3.05) is 30.4 Å². The second kappa shape index (κ2) is 6.59. The smallest absolute Gasteiger partial charge is 0.273 e. The van der Waals surface area contributed by atoms with Gasteiger partial charge in [-0.2, -0.15) is 5.26 Å². The summed E-state index contributed by atoms with van der Waals surface area (Å²) in [6, 6.07) is 7.03. The van der Waals surface area contributed by atoms with Crippen molar-refractivity contribution in [2.24, 2.45) is 5.92 Å². The maximum Gasteiger partial charge on any atom is 0.273 e. The van der Waals surface area contributed by atoms with Gasteiger partial charge in [-0.1, -0.05) is 0 Å². The lowest BCUT2D eigenvalue weighted by molar-refractivity contribution is -0.384. The molecule has 0 heterocycles. The Morgan fingerprint density at radius 3 is 2.74 bits per heavy atom. The maximum absolute atomic E-state index is 10.9. The van der Waals surface area contributed by atoms with E-state index in [1.54, 1.807) is 0 Å². The highest BCUT2D eigenvalue weighted by atomic mass is 16.6. The van der Waals surface area contributed by atoms with E-state index >= 15 is 0 Å². The van der Waals surface area contributed by atoms with E-state index in [9.17, 15) is 10.1 Å². The van der Waals surface area contributed by atoms with Gasteiger partial charge >= 0.3 is 0 Å². The SMILES string of the molecule is CCNc1cc(N(C)CC(C)C#N)cc([N+](=O)[O-])c1. The van der Waals surface area contributed by atoms with Crippen molar-refractivity contribution >= 4 is 17.1 Å². The Labute approximate surface area is 112 Å². The van der Waals surface area contributed by atoms with E-state index in [0.29, 0.717) is 18.8 Å². The summed E-state index contributed by atoms with van der Waals surface area (Å²) in [4.78, 5) is 12.4. The van der Waals surface area contributed by atoms with Gasteiger partial charge in [-0.25, -0.2) is 0 Å². The summed E-state index contributed by atoms with van der Waals surface area (Å²) < 4.78 is 0. The van der Waals surface area contributed by atoms with Crippen molar-refractivity contribution < 1.29 is 4.92 Å². The highest BCUT2D eigenvalue weighted by Crippen LogP contribution is 2.26. The number of nitro benzene ring substituents is 1. The van der Waals surface area contributed by atoms with E-state index in [0.717, 1.165) is 5.69 Å². The van der Waals surface area contributed by atoms with Crippen LogP contribution in [-0.4, -0.2) is 25.1 Å². The number of hydrogen-bond donors (Lipinski definition) is 1. The number of nitrogens with one attached hydrogen (secondary N) is 1. The van der Waals surface area contributed by atoms with Crippen LogP contribution in [0.2, 0.25) is 0 Å². The van der Waals surface area contributed by atoms with Gasteiger partial charge in [-0.3, -0.25) is 10.1 Å². The normalized spacial score (nSPS) is 11.5. The van der Waals surface area contributed by atoms with Gasteiger partial charge in [0.05, 0.1) is 16.9 Å². The molecule has 1 unspecified atom stereocenters. The summed E-state index contributed by atoms with van der Waals surface area (Å²) in [5.74, 6) is -0.133. The van der Waals surface area contributed by atoms with E-state index < -0.39 is 4.92 Å². The molecule has 0 aliphatic rings. The van der Waals surface area contributed by atoms with Crippen LogP contribution in [0.4, 0.5) is 17.1 Å². The molecule has 6 heteroatoms. The van der Waals surface area contributed by atoms with Crippen LogP contribution in [-0.2, 0) is 0 Å². The van der Waals surface area contributed by atoms with E-state index in [2.05, 4.69) is 11.4 Å². The molecule has 102 valence electrons. The summed E-state index contributed by atoms with van der Waals surface area (Å²) in [7, 11) is 1.82. The minimum atomic E-state index is -0.411. The fourth-order valence-corrected chi connectivity index (χ4v) is 1.78. The summed E-state index contributed by atoms with van der Waals surface area (Å²) in [5.41, 5.74) is 1.49. The lowest BCUT2D eigenvalue weighted by atomic mass is 10.1. The molecule has 0 aliphatic carbocycles. The fraction of sp³-hybridized carbons (Fsp3) is 0.462. The van der Waals surface area contributed by atoms with Crippen LogP contribution < -0.4 is 10.2 Å². The number of nitrogens with zero attached hydrogens (tertiary/aromatic N) is 3. The van der Waals surface area contributed by atoms with Crippen molar-refractivity contribution in [3.05, 3.63) is 28.3 Å². The van der Waals surface area contributed by atoms with Crippen molar-refractivity contribution in [3.8, 4) is 6.07 Å². The Bertz CT molecular complexity index is 496. The van der Waals surface area contributed by atoms with Gasteiger partial charge in [0.15, 0.2) is 0 Å². The van der Waals surface area contributed by atoms with Crippen LogP contribution in [0.3, 0.4) is 0 Å². The number of hydrogen-bond acceptors (Lipinski definition) is 5. The first-order valence-electron chi connectivity index (χ1n) is 6.12. The zero-order valence-corrected chi connectivity index (χ0v) is 11.4. The second-order valence-electron chi connectivity index (χ2n) is 4.44. The van der Waals surface area contributed by atoms with Crippen LogP contribution in [0.5, 0.6) is 0 Å². The zero-order chi connectivity index (χ0) is 14.4. The van der Waals surface area contributed by atoms with Crippen LogP contribution in [0.1, 0.15) is 13.8 Å². The number of benzene rings is 1. The third-order valence-electron chi connectivity index (χ3n) is 2.70. The Morgan fingerprint density at radius 1 is 1.53 bits per heavy atom. The molecule has 0 saturated heterocycles. The molecular formula is C13H18N4O2. The van der Waals surface area contributed by atoms with Crippen LogP contribution in [0.25, 0.3) is 0 Å². The van der Waals surface area contributed by atoms with Gasteiger partial charge < -0.3 is 10.2 Å². The van der Waals surface area contributed by atoms with Crippen LogP contribution >= 0.6 is 0 Å². The van der Waals surface area contributed by atoms with E-state index in [-0.39, 0.29) is 11.6 Å². The molecule has 0 fully saturated rings. The molecule has 0 amide bonds. The number of nitriles is 1. The predicted molar refractivity (Wildman–Crippen MR) is 75.3 cm³/mol. The summed E-state index contributed by atoms with van der Waals surface area (Å²) in [6.45, 7) is 4.97. The monoisotopic (exact) mass is 262 g/mol. The van der Waals surface area contributed by atoms with Crippen molar-refractivity contribution in [1.82, 2.24) is 0 Å². The van der Waals surface area contributed by atoms with Crippen LogP contribution in [0.15, 0.2) is 18.2 Å². The second-order valence-corrected chi connectivity index (χ2v) is 4.44. The Morgan fingerprint density at radius 2 is 2.21 bits per heavy atom. The van der Waals surface area contributed by atoms with Gasteiger partial charge in [-0.05, 0) is 19.9 Å². The molecule has 1 atom stereocenters. The lowest BCUT2D eigenvalue weighted by Crippen LogP contribution is -2.23. The highest BCUT2D eigenvalue weighted by Gasteiger charge is 2.13. The minimum Gasteiger partial charge on any atom is -0.385 e. The predicted octanol–water partition coefficient (Wildman–Crippen LogP) is 2.62. The molecule has 1 rings (SSSR count). The van der Waals surface area contributed by atoms with Gasteiger partial charge in [0.25, 0.3) is 5.69 Å². The molecule has 0 spiro atoms. The number of anilines is 2. The van der Waals surface area contributed by atoms with E-state index in [4.69, 9.17) is 5.26 Å². The quantitative estimate of drug-likeness (QED) is 0.629. The molecule has 0 bridgehead atoms. The molecule has 0 saturated carbocycles. The summed E-state index contributed by atoms with van der Waals surface area (Å²) in [6.07, 6.45) is 0. The van der Waals surface area contributed by atoms with E-state index in [1.165, 1.54) is 12.1 Å². The summed E-state index contributed by atoms with van der Waals surface area (Å²) in [5, 5.41) is 22.8. The Balaban J connectivity index is 3.05. The number of rotatable bonds is 6. The van der Waals surface area contributed by atoms with Crippen molar-refractivity contribution in [2.45, 2.75) is 13.8 Å². The molecule has 0 aromatic heterocycles. The first-order valence-corrected chi connectivity index (χ1v) is 6.12. The van der Waals surface area contributed by atoms with Gasteiger partial charge in [0.1, 0.15) is 0 Å². The third-order valence-corrected chi connectivity index (χ3v) is 2.70. The lowest BCUT2D eigenvalue weighted by Gasteiger charge is -2.21. The average Bonchev–Trinajstić information content (AvgIpc) is 2.38. The van der Waals surface area contributed by atoms with Crippen molar-refractivity contribution in [1.29, 1.82) is 5.26 Å². The molecule has 1 aromatic rings. The topological polar surface area (TPSA) is 82.2 Å². The molecule has 1 aromatic carbocycles. The number of nitro groups is 1. The molecule has 1 N–H and O–H groups in total. The van der Waals surface area contributed by atoms with Gasteiger partial charge in [-0.15, -0.1) is 0 Å². The molecular weight excluding hydrogens is 244 g/mol. The first kappa shape index (κ1) is 14.8. The Hall–Kier alpha value is -2.29. The minimum absolute atomic E-state index is 0.0462. The standard InChI is InChI=1S/C13H18N4O2/c1-4-15-11-5-12(7-13(6-11)17(18)19)16(3)9-10(2)8-14/h5-7,10,15H,4,9H2,1-3H3. The van der Waals surface area contributed by atoms with Gasteiger partial charge in [0.2, 0.25) is 0 Å². The summed E-state index contributed by atoms with van der Waals surface area (Å²) >= 11 is 0. The highest BCUT2D eigenvalue weighted by molar-refractivity contribution is 5.64. The zero-order valence-electron chi connectivity index (χ0n) is 11.4. The molecule has 0 radical (unpaired) electrons. The van der Waals surface area contributed by atoms with Crippen molar-refractivity contribution in [3.63, 3.8) is 0 Å². The van der Waals surface area contributed by atoms with Gasteiger partial charge in [0, 0.05) is 43.6 Å². The molecule has 0 aliphatic heterocycles. The maximum atomic E-state index is 10.9. The van der Waals surface area contributed by atoms with Crippen LogP contribution in [0, 0.1) is 27.4 Å². The fourth-order valence-electron chi connectivity index (χ4n) is 1.78. The van der Waals surface area contributed by atoms with E-state index in [1.807, 2.05) is 31.9 Å². The Kier molecular flexibility index (Phi) is 5.12. The molecule has 19 heavy (non-hydrogen) atoms. The molecule has 6 nitrogen and oxygen atoms in total. The third kappa shape index (κ3) is 4.14. The first-order chi connectivity index (χ1) is 8.97. The average molecular weight is 262 g/mol. The number of non-ortho nitro benzene ring substituents is 1.